The van der Waals surface area contributed by atoms with Gasteiger partial charge in [0, 0.05) is 13.8 Å². The van der Waals surface area contributed by atoms with E-state index in [1.807, 2.05) is 12.3 Å². The zero-order valence-electron chi connectivity index (χ0n) is 6.17. The minimum absolute atomic E-state index is 0.0826. The summed E-state index contributed by atoms with van der Waals surface area (Å²) in [7, 11) is 0. The van der Waals surface area contributed by atoms with Gasteiger partial charge >= 0.3 is 0 Å². The van der Waals surface area contributed by atoms with E-state index in [0.717, 1.165) is 12.8 Å². The van der Waals surface area contributed by atoms with Crippen molar-refractivity contribution in [1.29, 1.82) is 0 Å². The molecule has 0 bridgehead atoms. The molecule has 1 heteroatoms. The molecule has 1 heterocycles. The fourth-order valence-corrected chi connectivity index (χ4v) is 1.22. The van der Waals surface area contributed by atoms with E-state index in [9.17, 15) is 0 Å². The molecule has 0 radical (unpaired) electrons. The molecule has 1 unspecified atom stereocenters. The van der Waals surface area contributed by atoms with Gasteiger partial charge in [0.2, 0.25) is 0 Å². The van der Waals surface area contributed by atoms with E-state index in [4.69, 9.17) is 1.37 Å². The molecule has 0 aromatic carbocycles. The van der Waals surface area contributed by atoms with Crippen LogP contribution in [-0.2, 0) is 12.8 Å². The van der Waals surface area contributed by atoms with Crippen LogP contribution in [0, 0.1) is 0 Å². The first-order valence-electron chi connectivity index (χ1n) is 3.78. The Morgan fingerprint density at radius 3 is 3.22 bits per heavy atom. The number of aryl methyl sites for hydroxylation is 2. The molecule has 1 aromatic heterocycles. The van der Waals surface area contributed by atoms with Gasteiger partial charge in [0.05, 0.1) is 0 Å². The summed E-state index contributed by atoms with van der Waals surface area (Å²) < 4.78 is 7.49. The Morgan fingerprint density at radius 1 is 1.44 bits per heavy atom. The molecule has 1 atom stereocenters. The highest BCUT2D eigenvalue weighted by Gasteiger charge is 2.08. The number of hydrogen-bond acceptors (Lipinski definition) is 1. The summed E-state index contributed by atoms with van der Waals surface area (Å²) >= 11 is 0. The smallest absolute Gasteiger partial charge is 0.0302 e. The van der Waals surface area contributed by atoms with E-state index in [0.29, 0.717) is 0 Å². The Labute approximate surface area is 56.1 Å². The molecule has 0 amide bonds. The summed E-state index contributed by atoms with van der Waals surface area (Å²) in [5.74, 6) is 0. The Kier molecular flexibility index (Phi) is 0.823. The van der Waals surface area contributed by atoms with Crippen molar-refractivity contribution < 1.29 is 1.37 Å². The van der Waals surface area contributed by atoms with Gasteiger partial charge in [0.25, 0.3) is 0 Å². The topological polar surface area (TPSA) is 12.9 Å². The molecule has 0 fully saturated rings. The molecule has 0 saturated heterocycles. The standard InChI is InChI=1S/C8H9N/c1-2-7-4-5-9-6-8(7)3-1/h4-6H,1-3H2/i1D. The highest BCUT2D eigenvalue weighted by Crippen LogP contribution is 2.19. The van der Waals surface area contributed by atoms with Crippen LogP contribution < -0.4 is 0 Å². The molecule has 0 aliphatic heterocycles. The summed E-state index contributed by atoms with van der Waals surface area (Å²) in [6.07, 6.45) is 5.57. The summed E-state index contributed by atoms with van der Waals surface area (Å²) in [5.41, 5.74) is 2.58. The van der Waals surface area contributed by atoms with Gasteiger partial charge in [-0.1, -0.05) is 0 Å². The molecule has 2 rings (SSSR count). The molecular weight excluding hydrogens is 110 g/mol. The maximum atomic E-state index is 7.49. The number of rotatable bonds is 0. The largest absolute Gasteiger partial charge is 0.264 e. The monoisotopic (exact) mass is 120 g/mol. The van der Waals surface area contributed by atoms with Gasteiger partial charge in [-0.25, -0.2) is 0 Å². The SMILES string of the molecule is [2H]C1Cc2ccncc2C1. The molecule has 0 spiro atoms. The van der Waals surface area contributed by atoms with Crippen LogP contribution in [-0.4, -0.2) is 4.98 Å². The van der Waals surface area contributed by atoms with Crippen LogP contribution >= 0.6 is 0 Å². The van der Waals surface area contributed by atoms with Crippen molar-refractivity contribution in [2.45, 2.75) is 19.2 Å². The van der Waals surface area contributed by atoms with Crippen molar-refractivity contribution in [2.75, 3.05) is 0 Å². The molecule has 1 aliphatic carbocycles. The average Bonchev–Trinajstić information content (AvgIpc) is 2.27. The molecule has 0 N–H and O–H groups in total. The normalized spacial score (nSPS) is 25.3. The Morgan fingerprint density at radius 2 is 2.33 bits per heavy atom. The number of hydrogen-bond donors (Lipinski definition) is 0. The molecule has 1 nitrogen and oxygen atoms in total. The van der Waals surface area contributed by atoms with Gasteiger partial charge < -0.3 is 0 Å². The van der Waals surface area contributed by atoms with E-state index in [2.05, 4.69) is 4.98 Å². The second kappa shape index (κ2) is 1.83. The van der Waals surface area contributed by atoms with E-state index >= 15 is 0 Å². The Balaban J connectivity index is 2.42. The summed E-state index contributed by atoms with van der Waals surface area (Å²) in [5, 5.41) is 0. The first-order chi connectivity index (χ1) is 4.86. The molecular formula is C8H9N. The van der Waals surface area contributed by atoms with E-state index in [1.54, 1.807) is 6.20 Å². The molecule has 9 heavy (non-hydrogen) atoms. The van der Waals surface area contributed by atoms with Crippen LogP contribution in [0.15, 0.2) is 18.5 Å². The summed E-state index contributed by atoms with van der Waals surface area (Å²) in [4.78, 5) is 4.01. The van der Waals surface area contributed by atoms with Crippen molar-refractivity contribution in [3.05, 3.63) is 29.6 Å². The minimum Gasteiger partial charge on any atom is -0.264 e. The van der Waals surface area contributed by atoms with Crippen LogP contribution in [0.1, 0.15) is 18.9 Å². The molecule has 0 saturated carbocycles. The van der Waals surface area contributed by atoms with Gasteiger partial charge in [-0.15, -0.1) is 0 Å². The van der Waals surface area contributed by atoms with E-state index in [-0.39, 0.29) is 6.40 Å². The van der Waals surface area contributed by atoms with Crippen LogP contribution in [0.4, 0.5) is 0 Å². The lowest BCUT2D eigenvalue weighted by atomic mass is 10.2. The lowest BCUT2D eigenvalue weighted by Crippen LogP contribution is -1.80. The third-order valence-electron chi connectivity index (χ3n) is 1.73. The molecule has 46 valence electrons. The second-order valence-electron chi connectivity index (χ2n) is 2.34. The van der Waals surface area contributed by atoms with Gasteiger partial charge in [-0.05, 0) is 36.4 Å². The number of pyridine rings is 1. The predicted octanol–water partition coefficient (Wildman–Crippen LogP) is 1.57. The fraction of sp³-hybridized carbons (Fsp3) is 0.375. The van der Waals surface area contributed by atoms with Crippen molar-refractivity contribution >= 4 is 0 Å². The van der Waals surface area contributed by atoms with Crippen LogP contribution in [0.5, 0.6) is 0 Å². The van der Waals surface area contributed by atoms with Crippen LogP contribution in [0.2, 0.25) is 0 Å². The first-order valence-corrected chi connectivity index (χ1v) is 3.20. The summed E-state index contributed by atoms with van der Waals surface area (Å²) in [6, 6.07) is 2.02. The van der Waals surface area contributed by atoms with Crippen LogP contribution in [0.25, 0.3) is 0 Å². The van der Waals surface area contributed by atoms with E-state index in [1.165, 1.54) is 11.1 Å². The first kappa shape index (κ1) is 4.04. The zero-order valence-corrected chi connectivity index (χ0v) is 5.17. The van der Waals surface area contributed by atoms with Gasteiger partial charge in [0.1, 0.15) is 0 Å². The number of aromatic nitrogens is 1. The number of nitrogens with zero attached hydrogens (tertiary/aromatic N) is 1. The Hall–Kier alpha value is -0.850. The van der Waals surface area contributed by atoms with Crippen molar-refractivity contribution in [1.82, 2.24) is 4.98 Å². The second-order valence-corrected chi connectivity index (χ2v) is 2.34. The third-order valence-corrected chi connectivity index (χ3v) is 1.73. The van der Waals surface area contributed by atoms with Gasteiger partial charge in [0.15, 0.2) is 0 Å². The molecule has 1 aromatic rings. The maximum Gasteiger partial charge on any atom is 0.0302 e. The van der Waals surface area contributed by atoms with E-state index < -0.39 is 0 Å². The third kappa shape index (κ3) is 0.727. The summed E-state index contributed by atoms with van der Waals surface area (Å²) in [6.45, 7) is 0. The number of fused-ring (bicyclic) bond motifs is 1. The fourth-order valence-electron chi connectivity index (χ4n) is 1.22. The van der Waals surface area contributed by atoms with Crippen molar-refractivity contribution in [2.24, 2.45) is 0 Å². The average molecular weight is 120 g/mol. The minimum atomic E-state index is 0.0826. The van der Waals surface area contributed by atoms with Crippen molar-refractivity contribution in [3.8, 4) is 0 Å². The van der Waals surface area contributed by atoms with Crippen molar-refractivity contribution in [3.63, 3.8) is 0 Å². The lowest BCUT2D eigenvalue weighted by molar-refractivity contribution is 0.911. The highest BCUT2D eigenvalue weighted by molar-refractivity contribution is 5.27. The lowest BCUT2D eigenvalue weighted by Gasteiger charge is -1.92. The quantitative estimate of drug-likeness (QED) is 0.506. The Bertz CT molecular complexity index is 222. The highest BCUT2D eigenvalue weighted by atomic mass is 14.6. The van der Waals surface area contributed by atoms with Crippen LogP contribution in [0.3, 0.4) is 0 Å². The molecule has 1 aliphatic rings. The maximum absolute atomic E-state index is 7.49. The zero-order chi connectivity index (χ0) is 6.97. The predicted molar refractivity (Wildman–Crippen MR) is 36.3 cm³/mol. The van der Waals surface area contributed by atoms with Gasteiger partial charge in [-0.3, -0.25) is 4.98 Å². The van der Waals surface area contributed by atoms with Gasteiger partial charge in [-0.2, -0.15) is 0 Å².